The lowest BCUT2D eigenvalue weighted by atomic mass is 10.2. The number of esters is 1. The van der Waals surface area contributed by atoms with E-state index in [0.717, 1.165) is 54.3 Å². The van der Waals surface area contributed by atoms with E-state index in [0.29, 0.717) is 18.3 Å². The SMILES string of the molecule is C=C(C)Cn1c(SCC(=O)OCCCCC)nc2sc3c(c2c1=O)CCC3. The summed E-state index contributed by atoms with van der Waals surface area (Å²) >= 11 is 2.89. The first kappa shape index (κ1) is 20.1. The number of allylic oxidation sites excluding steroid dienone is 1. The van der Waals surface area contributed by atoms with Gasteiger partial charge in [-0.1, -0.05) is 43.7 Å². The Morgan fingerprint density at radius 3 is 2.93 bits per heavy atom. The zero-order chi connectivity index (χ0) is 19.4. The van der Waals surface area contributed by atoms with Gasteiger partial charge in [0.1, 0.15) is 4.83 Å². The smallest absolute Gasteiger partial charge is 0.316 e. The number of hydrogen-bond acceptors (Lipinski definition) is 6. The summed E-state index contributed by atoms with van der Waals surface area (Å²) in [6.45, 7) is 8.82. The first-order valence-corrected chi connectivity index (χ1v) is 11.3. The lowest BCUT2D eigenvalue weighted by Gasteiger charge is -2.12. The van der Waals surface area contributed by atoms with E-state index >= 15 is 0 Å². The molecule has 0 radical (unpaired) electrons. The van der Waals surface area contributed by atoms with Crippen LogP contribution in [0, 0.1) is 0 Å². The highest BCUT2D eigenvalue weighted by atomic mass is 32.2. The summed E-state index contributed by atoms with van der Waals surface area (Å²) in [5.41, 5.74) is 2.05. The largest absolute Gasteiger partial charge is 0.465 e. The van der Waals surface area contributed by atoms with E-state index in [1.807, 2.05) is 6.92 Å². The number of carbonyl (C=O) groups excluding carboxylic acids is 1. The molecule has 0 amide bonds. The fourth-order valence-electron chi connectivity index (χ4n) is 3.28. The van der Waals surface area contributed by atoms with Gasteiger partial charge in [-0.3, -0.25) is 14.2 Å². The fourth-order valence-corrected chi connectivity index (χ4v) is 5.38. The Labute approximate surface area is 167 Å². The molecule has 27 heavy (non-hydrogen) atoms. The molecular weight excluding hydrogens is 380 g/mol. The molecule has 0 bridgehead atoms. The number of thioether (sulfide) groups is 1. The third-order valence-electron chi connectivity index (χ3n) is 4.55. The molecule has 2 aromatic heterocycles. The fraction of sp³-hybridized carbons (Fsp3) is 0.550. The van der Waals surface area contributed by atoms with Crippen molar-refractivity contribution in [3.8, 4) is 0 Å². The minimum atomic E-state index is -0.263. The van der Waals surface area contributed by atoms with Gasteiger partial charge in [0.2, 0.25) is 0 Å². The molecule has 0 N–H and O–H groups in total. The van der Waals surface area contributed by atoms with Crippen LogP contribution in [0.2, 0.25) is 0 Å². The first-order chi connectivity index (χ1) is 13.0. The molecule has 0 unspecified atom stereocenters. The Bertz CT molecular complexity index is 914. The van der Waals surface area contributed by atoms with Crippen LogP contribution in [0.4, 0.5) is 0 Å². The predicted molar refractivity (Wildman–Crippen MR) is 112 cm³/mol. The number of carbonyl (C=O) groups is 1. The van der Waals surface area contributed by atoms with E-state index in [2.05, 4.69) is 13.5 Å². The van der Waals surface area contributed by atoms with Crippen LogP contribution < -0.4 is 5.56 Å². The molecule has 2 aromatic rings. The van der Waals surface area contributed by atoms with E-state index in [4.69, 9.17) is 9.72 Å². The molecule has 3 rings (SSSR count). The number of nitrogens with zero attached hydrogens (tertiary/aromatic N) is 2. The van der Waals surface area contributed by atoms with Crippen LogP contribution in [-0.4, -0.2) is 27.9 Å². The van der Waals surface area contributed by atoms with Gasteiger partial charge >= 0.3 is 5.97 Å². The lowest BCUT2D eigenvalue weighted by Crippen LogP contribution is -2.24. The number of hydrogen-bond donors (Lipinski definition) is 0. The van der Waals surface area contributed by atoms with E-state index < -0.39 is 0 Å². The molecule has 0 aliphatic heterocycles. The predicted octanol–water partition coefficient (Wildman–Crippen LogP) is 4.35. The Morgan fingerprint density at radius 1 is 1.37 bits per heavy atom. The quantitative estimate of drug-likeness (QED) is 0.204. The molecule has 1 aliphatic carbocycles. The highest BCUT2D eigenvalue weighted by Gasteiger charge is 2.23. The van der Waals surface area contributed by atoms with Crippen LogP contribution in [0.5, 0.6) is 0 Å². The van der Waals surface area contributed by atoms with Crippen molar-refractivity contribution in [3.63, 3.8) is 0 Å². The zero-order valence-electron chi connectivity index (χ0n) is 16.0. The summed E-state index contributed by atoms with van der Waals surface area (Å²) in [5.74, 6) is -0.105. The molecule has 0 aromatic carbocycles. The number of fused-ring (bicyclic) bond motifs is 3. The first-order valence-electron chi connectivity index (χ1n) is 9.49. The second-order valence-corrected chi connectivity index (χ2v) is 9.02. The van der Waals surface area contributed by atoms with E-state index in [1.165, 1.54) is 22.2 Å². The Hall–Kier alpha value is -1.60. The normalized spacial score (nSPS) is 13.1. The molecule has 0 spiro atoms. The number of ether oxygens (including phenoxy) is 1. The highest BCUT2D eigenvalue weighted by Crippen LogP contribution is 2.35. The van der Waals surface area contributed by atoms with Crippen LogP contribution in [-0.2, 0) is 28.9 Å². The summed E-state index contributed by atoms with van der Waals surface area (Å²) in [5, 5.41) is 1.33. The minimum absolute atomic E-state index is 0.0128. The third kappa shape index (κ3) is 4.63. The zero-order valence-corrected chi connectivity index (χ0v) is 17.6. The van der Waals surface area contributed by atoms with Crippen molar-refractivity contribution in [3.05, 3.63) is 32.9 Å². The van der Waals surface area contributed by atoms with Gasteiger partial charge in [-0.2, -0.15) is 0 Å². The average Bonchev–Trinajstić information content (AvgIpc) is 3.20. The van der Waals surface area contributed by atoms with Gasteiger partial charge in [-0.25, -0.2) is 4.98 Å². The maximum atomic E-state index is 13.2. The van der Waals surface area contributed by atoms with Crippen LogP contribution >= 0.6 is 23.1 Å². The molecule has 1 aliphatic rings. The van der Waals surface area contributed by atoms with Gasteiger partial charge in [-0.05, 0) is 38.2 Å². The number of unbranched alkanes of at least 4 members (excludes halogenated alkanes) is 2. The number of rotatable bonds is 9. The van der Waals surface area contributed by atoms with Crippen LogP contribution in [0.15, 0.2) is 22.1 Å². The number of thiophene rings is 1. The van der Waals surface area contributed by atoms with Gasteiger partial charge in [0.15, 0.2) is 5.16 Å². The van der Waals surface area contributed by atoms with Crippen LogP contribution in [0.25, 0.3) is 10.2 Å². The third-order valence-corrected chi connectivity index (χ3v) is 6.68. The molecule has 7 heteroatoms. The molecule has 0 fully saturated rings. The maximum Gasteiger partial charge on any atom is 0.316 e. The summed E-state index contributed by atoms with van der Waals surface area (Å²) in [6, 6.07) is 0. The van der Waals surface area contributed by atoms with E-state index in [9.17, 15) is 9.59 Å². The van der Waals surface area contributed by atoms with E-state index in [1.54, 1.807) is 15.9 Å². The summed E-state index contributed by atoms with van der Waals surface area (Å²) in [4.78, 5) is 32.0. The molecule has 5 nitrogen and oxygen atoms in total. The molecular formula is C20H26N2O3S2. The van der Waals surface area contributed by atoms with Crippen LogP contribution in [0.1, 0.15) is 50.0 Å². The highest BCUT2D eigenvalue weighted by molar-refractivity contribution is 7.99. The summed E-state index contributed by atoms with van der Waals surface area (Å²) in [6.07, 6.45) is 6.13. The topological polar surface area (TPSA) is 61.2 Å². The van der Waals surface area contributed by atoms with Crippen molar-refractivity contribution in [2.24, 2.45) is 0 Å². The standard InChI is InChI=1S/C20H26N2O3S2/c1-4-5-6-10-25-16(23)12-26-20-21-18-17(14-8-7-9-15(14)27-18)19(24)22(20)11-13(2)3/h2,4-12H2,1,3H3. The average molecular weight is 407 g/mol. The van der Waals surface area contributed by atoms with E-state index in [-0.39, 0.29) is 17.3 Å². The molecule has 2 heterocycles. The summed E-state index contributed by atoms with van der Waals surface area (Å²) < 4.78 is 6.92. The van der Waals surface area contributed by atoms with Crippen molar-refractivity contribution in [2.75, 3.05) is 12.4 Å². The molecule has 0 saturated heterocycles. The second kappa shape index (κ2) is 9.06. The maximum absolute atomic E-state index is 13.2. The molecule has 0 saturated carbocycles. The monoisotopic (exact) mass is 406 g/mol. The molecule has 0 atom stereocenters. The Morgan fingerprint density at radius 2 is 2.19 bits per heavy atom. The Kier molecular flexibility index (Phi) is 6.76. The van der Waals surface area contributed by atoms with Gasteiger partial charge in [0.25, 0.3) is 5.56 Å². The van der Waals surface area contributed by atoms with Gasteiger partial charge in [0, 0.05) is 11.4 Å². The van der Waals surface area contributed by atoms with Crippen molar-refractivity contribution < 1.29 is 9.53 Å². The van der Waals surface area contributed by atoms with Gasteiger partial charge in [0.05, 0.1) is 17.7 Å². The number of aromatic nitrogens is 2. The van der Waals surface area contributed by atoms with Crippen molar-refractivity contribution >= 4 is 39.3 Å². The summed E-state index contributed by atoms with van der Waals surface area (Å²) in [7, 11) is 0. The van der Waals surface area contributed by atoms with Crippen LogP contribution in [0.3, 0.4) is 0 Å². The number of aryl methyl sites for hydroxylation is 2. The Balaban J connectivity index is 1.82. The van der Waals surface area contributed by atoms with Crippen molar-refractivity contribution in [1.29, 1.82) is 0 Å². The molecule has 146 valence electrons. The van der Waals surface area contributed by atoms with Crippen molar-refractivity contribution in [1.82, 2.24) is 9.55 Å². The minimum Gasteiger partial charge on any atom is -0.465 e. The van der Waals surface area contributed by atoms with Gasteiger partial charge in [-0.15, -0.1) is 11.3 Å². The second-order valence-electron chi connectivity index (χ2n) is 7.00. The van der Waals surface area contributed by atoms with Gasteiger partial charge < -0.3 is 4.74 Å². The van der Waals surface area contributed by atoms with Crippen molar-refractivity contribution in [2.45, 2.75) is 64.1 Å². The lowest BCUT2D eigenvalue weighted by molar-refractivity contribution is -0.140.